The number of likely N-dealkylation sites (tertiary alicyclic amines) is 1. The number of unbranched alkanes of at least 4 members (excludes halogenated alkanes) is 1. The summed E-state index contributed by atoms with van der Waals surface area (Å²) in [7, 11) is 2.42. The molecule has 1 aromatic heterocycles. The summed E-state index contributed by atoms with van der Waals surface area (Å²) in [6.45, 7) is 6.15. The van der Waals surface area contributed by atoms with Crippen molar-refractivity contribution in [2.45, 2.75) is 51.9 Å². The Balaban J connectivity index is 1.57. The number of aromatic nitrogens is 3. The van der Waals surface area contributed by atoms with Gasteiger partial charge in [0.1, 0.15) is 0 Å². The van der Waals surface area contributed by atoms with Crippen LogP contribution in [-0.2, 0) is 12.8 Å². The van der Waals surface area contributed by atoms with Gasteiger partial charge in [0.05, 0.1) is 44.3 Å². The summed E-state index contributed by atoms with van der Waals surface area (Å²) in [6.07, 6.45) is 10.8. The van der Waals surface area contributed by atoms with E-state index in [0.29, 0.717) is 0 Å². The molecular formula is C20H31N4+. The number of likely N-dealkylation sites (N-methyl/N-ethyl adjacent to an activating group) is 1. The van der Waals surface area contributed by atoms with E-state index >= 15 is 0 Å². The molecule has 0 atom stereocenters. The minimum atomic E-state index is 1.02. The van der Waals surface area contributed by atoms with Crippen molar-refractivity contribution in [3.05, 3.63) is 41.7 Å². The number of quaternary nitrogens is 1. The predicted octanol–water partition coefficient (Wildman–Crippen LogP) is 3.78. The van der Waals surface area contributed by atoms with Crippen LogP contribution < -0.4 is 0 Å². The number of piperidine rings is 1. The van der Waals surface area contributed by atoms with Gasteiger partial charge in [0.2, 0.25) is 0 Å². The van der Waals surface area contributed by atoms with Gasteiger partial charge in [-0.15, -0.1) is 5.10 Å². The van der Waals surface area contributed by atoms with Crippen LogP contribution >= 0.6 is 0 Å². The molecule has 1 aliphatic heterocycles. The number of hydrogen-bond donors (Lipinski definition) is 0. The number of benzene rings is 1. The second-order valence-corrected chi connectivity index (χ2v) is 7.53. The van der Waals surface area contributed by atoms with Crippen LogP contribution in [0.25, 0.3) is 5.69 Å². The van der Waals surface area contributed by atoms with Gasteiger partial charge in [0.25, 0.3) is 0 Å². The lowest BCUT2D eigenvalue weighted by atomic mass is 10.1. The summed E-state index contributed by atoms with van der Waals surface area (Å²) >= 11 is 0. The van der Waals surface area contributed by atoms with E-state index < -0.39 is 0 Å². The number of rotatable bonds is 7. The smallest absolute Gasteiger partial charge is 0.0831 e. The molecule has 2 aromatic rings. The van der Waals surface area contributed by atoms with E-state index in [-0.39, 0.29) is 0 Å². The summed E-state index contributed by atoms with van der Waals surface area (Å²) in [5.41, 5.74) is 3.62. The summed E-state index contributed by atoms with van der Waals surface area (Å²) in [4.78, 5) is 0. The molecule has 0 radical (unpaired) electrons. The Bertz CT molecular complexity index is 623. The average Bonchev–Trinajstić information content (AvgIpc) is 3.08. The zero-order valence-corrected chi connectivity index (χ0v) is 15.2. The molecule has 24 heavy (non-hydrogen) atoms. The van der Waals surface area contributed by atoms with Crippen LogP contribution in [0.15, 0.2) is 30.5 Å². The van der Waals surface area contributed by atoms with Crippen molar-refractivity contribution >= 4 is 0 Å². The third-order valence-electron chi connectivity index (χ3n) is 5.36. The topological polar surface area (TPSA) is 30.7 Å². The van der Waals surface area contributed by atoms with Crippen molar-refractivity contribution in [3.63, 3.8) is 0 Å². The maximum absolute atomic E-state index is 4.27. The Labute approximate surface area is 146 Å². The maximum Gasteiger partial charge on any atom is 0.0831 e. The lowest BCUT2D eigenvalue weighted by molar-refractivity contribution is -0.913. The highest BCUT2D eigenvalue weighted by Gasteiger charge is 2.23. The van der Waals surface area contributed by atoms with Gasteiger partial charge in [-0.3, -0.25) is 0 Å². The second kappa shape index (κ2) is 7.93. The first-order valence-corrected chi connectivity index (χ1v) is 9.53. The quantitative estimate of drug-likeness (QED) is 0.725. The van der Waals surface area contributed by atoms with E-state index in [1.54, 1.807) is 0 Å². The van der Waals surface area contributed by atoms with E-state index in [1.807, 2.05) is 4.68 Å². The van der Waals surface area contributed by atoms with Gasteiger partial charge in [-0.25, -0.2) is 4.68 Å². The van der Waals surface area contributed by atoms with Gasteiger partial charge in [-0.2, -0.15) is 0 Å². The standard InChI is InChI=1S/C20H31N4/c1-3-4-8-19-17-23(22-21-19)20-11-9-18(10-12-20)13-16-24(2)14-6-5-7-15-24/h9-12,17H,3-8,13-16H2,1-2H3/q+1. The van der Waals surface area contributed by atoms with Crippen LogP contribution in [0, 0.1) is 0 Å². The molecule has 1 saturated heterocycles. The summed E-state index contributed by atoms with van der Waals surface area (Å²) in [5, 5.41) is 8.53. The fourth-order valence-electron chi connectivity index (χ4n) is 3.61. The Morgan fingerprint density at radius 2 is 1.79 bits per heavy atom. The maximum atomic E-state index is 4.27. The van der Waals surface area contributed by atoms with Gasteiger partial charge in [-0.1, -0.05) is 30.7 Å². The van der Waals surface area contributed by atoms with Crippen molar-refractivity contribution in [3.8, 4) is 5.69 Å². The van der Waals surface area contributed by atoms with Gasteiger partial charge in [-0.05, 0) is 49.8 Å². The molecule has 0 N–H and O–H groups in total. The molecule has 130 valence electrons. The summed E-state index contributed by atoms with van der Waals surface area (Å²) in [5.74, 6) is 0. The van der Waals surface area contributed by atoms with Crippen LogP contribution in [0.3, 0.4) is 0 Å². The molecule has 1 aromatic carbocycles. The van der Waals surface area contributed by atoms with Gasteiger partial charge < -0.3 is 4.48 Å². The first-order valence-electron chi connectivity index (χ1n) is 9.53. The molecule has 0 aliphatic carbocycles. The minimum Gasteiger partial charge on any atom is -0.326 e. The van der Waals surface area contributed by atoms with Gasteiger partial charge in [0.15, 0.2) is 0 Å². The van der Waals surface area contributed by atoms with Crippen molar-refractivity contribution in [2.75, 3.05) is 26.7 Å². The monoisotopic (exact) mass is 327 g/mol. The molecule has 2 heterocycles. The van der Waals surface area contributed by atoms with Gasteiger partial charge in [0, 0.05) is 6.42 Å². The normalized spacial score (nSPS) is 17.1. The summed E-state index contributed by atoms with van der Waals surface area (Å²) < 4.78 is 3.14. The average molecular weight is 327 g/mol. The Kier molecular flexibility index (Phi) is 5.67. The first kappa shape index (κ1) is 17.2. The molecule has 4 heteroatoms. The fourth-order valence-corrected chi connectivity index (χ4v) is 3.61. The predicted molar refractivity (Wildman–Crippen MR) is 98.3 cm³/mol. The minimum absolute atomic E-state index is 1.02. The highest BCUT2D eigenvalue weighted by atomic mass is 15.4. The molecule has 0 bridgehead atoms. The van der Waals surface area contributed by atoms with Crippen molar-refractivity contribution in [1.29, 1.82) is 0 Å². The van der Waals surface area contributed by atoms with E-state index in [4.69, 9.17) is 0 Å². The third kappa shape index (κ3) is 4.44. The van der Waals surface area contributed by atoms with Crippen molar-refractivity contribution < 1.29 is 4.48 Å². The zero-order valence-electron chi connectivity index (χ0n) is 15.2. The van der Waals surface area contributed by atoms with Crippen molar-refractivity contribution in [1.82, 2.24) is 15.0 Å². The fraction of sp³-hybridized carbons (Fsp3) is 0.600. The third-order valence-corrected chi connectivity index (χ3v) is 5.36. The first-order chi connectivity index (χ1) is 11.7. The SMILES string of the molecule is CCCCc1cn(-c2ccc(CC[N+]3(C)CCCCC3)cc2)nn1. The van der Waals surface area contributed by atoms with Crippen LogP contribution in [0.4, 0.5) is 0 Å². The van der Waals surface area contributed by atoms with Crippen LogP contribution in [-0.4, -0.2) is 46.2 Å². The summed E-state index contributed by atoms with van der Waals surface area (Å²) in [6, 6.07) is 8.84. The molecule has 0 saturated carbocycles. The van der Waals surface area contributed by atoms with Gasteiger partial charge >= 0.3 is 0 Å². The molecular weight excluding hydrogens is 296 g/mol. The van der Waals surface area contributed by atoms with Crippen LogP contribution in [0.1, 0.15) is 50.3 Å². The lowest BCUT2D eigenvalue weighted by Gasteiger charge is -2.37. The largest absolute Gasteiger partial charge is 0.326 e. The highest BCUT2D eigenvalue weighted by Crippen LogP contribution is 2.18. The van der Waals surface area contributed by atoms with E-state index in [1.165, 1.54) is 61.8 Å². The van der Waals surface area contributed by atoms with Crippen LogP contribution in [0.5, 0.6) is 0 Å². The Hall–Kier alpha value is -1.68. The Morgan fingerprint density at radius 3 is 2.50 bits per heavy atom. The molecule has 0 amide bonds. The zero-order chi connectivity index (χ0) is 16.8. The lowest BCUT2D eigenvalue weighted by Crippen LogP contribution is -2.49. The Morgan fingerprint density at radius 1 is 1.04 bits per heavy atom. The second-order valence-electron chi connectivity index (χ2n) is 7.53. The highest BCUT2D eigenvalue weighted by molar-refractivity contribution is 5.34. The van der Waals surface area contributed by atoms with Crippen LogP contribution in [0.2, 0.25) is 0 Å². The molecule has 1 aliphatic rings. The molecule has 3 rings (SSSR count). The molecule has 0 unspecified atom stereocenters. The number of nitrogens with zero attached hydrogens (tertiary/aromatic N) is 4. The molecule has 0 spiro atoms. The number of aryl methyl sites for hydroxylation is 1. The molecule has 4 nitrogen and oxygen atoms in total. The number of hydrogen-bond acceptors (Lipinski definition) is 2. The van der Waals surface area contributed by atoms with E-state index in [0.717, 1.165) is 24.2 Å². The van der Waals surface area contributed by atoms with E-state index in [2.05, 4.69) is 54.7 Å². The molecule has 1 fully saturated rings. The van der Waals surface area contributed by atoms with E-state index in [9.17, 15) is 0 Å². The van der Waals surface area contributed by atoms with Crippen molar-refractivity contribution in [2.24, 2.45) is 0 Å².